The van der Waals surface area contributed by atoms with Gasteiger partial charge in [-0.25, -0.2) is 4.98 Å². The topological polar surface area (TPSA) is 51.2 Å². The van der Waals surface area contributed by atoms with Crippen LogP contribution in [0.5, 0.6) is 5.75 Å². The Bertz CT molecular complexity index is 972. The Morgan fingerprint density at radius 2 is 1.70 bits per heavy atom. The van der Waals surface area contributed by atoms with E-state index in [1.807, 2.05) is 39.0 Å². The van der Waals surface area contributed by atoms with Crippen molar-refractivity contribution in [2.45, 2.75) is 34.6 Å². The maximum Gasteiger partial charge on any atom is 0.264 e. The van der Waals surface area contributed by atoms with Gasteiger partial charge in [0.1, 0.15) is 5.75 Å². The van der Waals surface area contributed by atoms with E-state index in [-0.39, 0.29) is 12.5 Å². The molecule has 1 heterocycles. The number of carbonyl (C=O) groups is 1. The molecule has 0 spiro atoms. The van der Waals surface area contributed by atoms with Gasteiger partial charge in [0, 0.05) is 10.4 Å². The lowest BCUT2D eigenvalue weighted by atomic mass is 10.0. The molecule has 3 aromatic rings. The number of amides is 1. The molecule has 0 saturated carbocycles. The maximum absolute atomic E-state index is 12.3. The van der Waals surface area contributed by atoms with Gasteiger partial charge < -0.3 is 4.74 Å². The molecular weight excluding hydrogens is 356 g/mol. The maximum atomic E-state index is 12.3. The average molecular weight is 381 g/mol. The molecule has 4 nitrogen and oxygen atoms in total. The third-order valence-corrected chi connectivity index (χ3v) is 5.47. The molecule has 27 heavy (non-hydrogen) atoms. The van der Waals surface area contributed by atoms with Gasteiger partial charge in [-0.05, 0) is 62.9 Å². The molecule has 0 unspecified atom stereocenters. The van der Waals surface area contributed by atoms with E-state index in [1.54, 1.807) is 0 Å². The van der Waals surface area contributed by atoms with Crippen LogP contribution in [0.25, 0.3) is 11.3 Å². The van der Waals surface area contributed by atoms with Gasteiger partial charge in [-0.2, -0.15) is 0 Å². The summed E-state index contributed by atoms with van der Waals surface area (Å²) in [7, 11) is 0. The summed E-state index contributed by atoms with van der Waals surface area (Å²) in [6.07, 6.45) is 0. The summed E-state index contributed by atoms with van der Waals surface area (Å²) in [5, 5.41) is 3.44. The molecule has 0 fully saturated rings. The van der Waals surface area contributed by atoms with Gasteiger partial charge in [0.15, 0.2) is 11.7 Å². The lowest BCUT2D eigenvalue weighted by molar-refractivity contribution is -0.118. The molecule has 0 atom stereocenters. The Kier molecular flexibility index (Phi) is 5.61. The van der Waals surface area contributed by atoms with E-state index >= 15 is 0 Å². The van der Waals surface area contributed by atoms with Crippen LogP contribution in [-0.2, 0) is 4.79 Å². The first-order valence-corrected chi connectivity index (χ1v) is 9.70. The summed E-state index contributed by atoms with van der Waals surface area (Å²) < 4.78 is 5.72. The molecule has 1 amide bonds. The quantitative estimate of drug-likeness (QED) is 0.647. The molecule has 1 aromatic heterocycles. The average Bonchev–Trinajstić information content (AvgIpc) is 2.97. The summed E-state index contributed by atoms with van der Waals surface area (Å²) in [6.45, 7) is 10.1. The number of carbonyl (C=O) groups excluding carboxylic acids is 1. The van der Waals surface area contributed by atoms with Gasteiger partial charge >= 0.3 is 0 Å². The van der Waals surface area contributed by atoms with E-state index in [4.69, 9.17) is 4.74 Å². The number of thiazole rings is 1. The number of hydrogen-bond donors (Lipinski definition) is 1. The normalized spacial score (nSPS) is 10.7. The second kappa shape index (κ2) is 7.92. The Balaban J connectivity index is 1.69. The monoisotopic (exact) mass is 380 g/mol. The van der Waals surface area contributed by atoms with Crippen LogP contribution in [0.1, 0.15) is 27.1 Å². The highest BCUT2D eigenvalue weighted by molar-refractivity contribution is 7.16. The fraction of sp³-hybridized carbons (Fsp3) is 0.273. The zero-order valence-corrected chi connectivity index (χ0v) is 17.2. The molecule has 5 heteroatoms. The van der Waals surface area contributed by atoms with Crippen molar-refractivity contribution < 1.29 is 9.53 Å². The SMILES string of the molecule is Cc1ccc(-c2nc(NC(=O)COc3c(C)cccc3C)sc2C)cc1C. The van der Waals surface area contributed by atoms with Crippen LogP contribution in [0.4, 0.5) is 5.13 Å². The number of nitrogens with one attached hydrogen (secondary N) is 1. The van der Waals surface area contributed by atoms with E-state index in [9.17, 15) is 4.79 Å². The number of rotatable bonds is 5. The number of para-hydroxylation sites is 1. The molecule has 3 rings (SSSR count). The minimum Gasteiger partial charge on any atom is -0.483 e. The first-order chi connectivity index (χ1) is 12.8. The van der Waals surface area contributed by atoms with Crippen LogP contribution in [0.15, 0.2) is 36.4 Å². The van der Waals surface area contributed by atoms with Crippen molar-refractivity contribution in [3.8, 4) is 17.0 Å². The number of anilines is 1. The highest BCUT2D eigenvalue weighted by Crippen LogP contribution is 2.31. The Morgan fingerprint density at radius 1 is 1.00 bits per heavy atom. The van der Waals surface area contributed by atoms with Crippen LogP contribution in [0.2, 0.25) is 0 Å². The van der Waals surface area contributed by atoms with Gasteiger partial charge in [-0.1, -0.05) is 30.3 Å². The van der Waals surface area contributed by atoms with Gasteiger partial charge in [0.25, 0.3) is 5.91 Å². The van der Waals surface area contributed by atoms with Crippen molar-refractivity contribution >= 4 is 22.4 Å². The number of benzene rings is 2. The summed E-state index contributed by atoms with van der Waals surface area (Å²) >= 11 is 1.48. The fourth-order valence-electron chi connectivity index (χ4n) is 2.93. The second-order valence-corrected chi connectivity index (χ2v) is 7.98. The predicted molar refractivity (Wildman–Crippen MR) is 112 cm³/mol. The van der Waals surface area contributed by atoms with Crippen molar-refractivity contribution in [1.29, 1.82) is 0 Å². The second-order valence-electron chi connectivity index (χ2n) is 6.78. The molecule has 0 saturated heterocycles. The number of hydrogen-bond acceptors (Lipinski definition) is 4. The van der Waals surface area contributed by atoms with Gasteiger partial charge in [0.05, 0.1) is 5.69 Å². The third kappa shape index (κ3) is 4.37. The first-order valence-electron chi connectivity index (χ1n) is 8.89. The molecule has 2 aromatic carbocycles. The fourth-order valence-corrected chi connectivity index (χ4v) is 3.78. The Hall–Kier alpha value is -2.66. The third-order valence-electron chi connectivity index (χ3n) is 4.58. The standard InChI is InChI=1S/C22H24N2O2S/c1-13-9-10-18(11-16(13)4)20-17(5)27-22(24-20)23-19(25)12-26-21-14(2)7-6-8-15(21)3/h6-11H,12H2,1-5H3,(H,23,24,25). The smallest absolute Gasteiger partial charge is 0.264 e. The Labute approximate surface area is 164 Å². The number of aromatic nitrogens is 1. The molecule has 140 valence electrons. The number of nitrogens with zero attached hydrogens (tertiary/aromatic N) is 1. The molecule has 0 radical (unpaired) electrons. The summed E-state index contributed by atoms with van der Waals surface area (Å²) in [5.41, 5.74) is 6.50. The van der Waals surface area contributed by atoms with Crippen LogP contribution in [0.3, 0.4) is 0 Å². The summed E-state index contributed by atoms with van der Waals surface area (Å²) in [6, 6.07) is 12.2. The molecule has 0 aliphatic carbocycles. The van der Waals surface area contributed by atoms with E-state index in [0.29, 0.717) is 5.13 Å². The van der Waals surface area contributed by atoms with Gasteiger partial charge in [-0.3, -0.25) is 10.1 Å². The van der Waals surface area contributed by atoms with Crippen molar-refractivity contribution in [3.63, 3.8) is 0 Å². The van der Waals surface area contributed by atoms with Crippen molar-refractivity contribution in [3.05, 3.63) is 63.5 Å². The van der Waals surface area contributed by atoms with Gasteiger partial charge in [-0.15, -0.1) is 11.3 Å². The number of ether oxygens (including phenoxy) is 1. The van der Waals surface area contributed by atoms with Crippen molar-refractivity contribution in [2.24, 2.45) is 0 Å². The molecule has 1 N–H and O–H groups in total. The molecule has 0 aliphatic rings. The van der Waals surface area contributed by atoms with E-state index in [2.05, 4.69) is 42.3 Å². The van der Waals surface area contributed by atoms with Crippen LogP contribution in [0, 0.1) is 34.6 Å². The lowest BCUT2D eigenvalue weighted by Gasteiger charge is -2.11. The lowest BCUT2D eigenvalue weighted by Crippen LogP contribution is -2.20. The zero-order chi connectivity index (χ0) is 19.6. The molecular formula is C22H24N2O2S. The zero-order valence-electron chi connectivity index (χ0n) is 16.3. The van der Waals surface area contributed by atoms with Crippen molar-refractivity contribution in [1.82, 2.24) is 4.98 Å². The van der Waals surface area contributed by atoms with E-state index < -0.39 is 0 Å². The van der Waals surface area contributed by atoms with Gasteiger partial charge in [0.2, 0.25) is 0 Å². The molecule has 0 aliphatic heterocycles. The van der Waals surface area contributed by atoms with Crippen LogP contribution < -0.4 is 10.1 Å². The highest BCUT2D eigenvalue weighted by Gasteiger charge is 2.14. The first kappa shape index (κ1) is 19.1. The summed E-state index contributed by atoms with van der Waals surface area (Å²) in [5.74, 6) is 0.553. The minimum atomic E-state index is -0.210. The van der Waals surface area contributed by atoms with Crippen LogP contribution in [-0.4, -0.2) is 17.5 Å². The van der Waals surface area contributed by atoms with E-state index in [0.717, 1.165) is 33.0 Å². The van der Waals surface area contributed by atoms with E-state index in [1.165, 1.54) is 22.5 Å². The Morgan fingerprint density at radius 3 is 2.37 bits per heavy atom. The molecule has 0 bridgehead atoms. The predicted octanol–water partition coefficient (Wildman–Crippen LogP) is 5.37. The summed E-state index contributed by atoms with van der Waals surface area (Å²) in [4.78, 5) is 18.0. The van der Waals surface area contributed by atoms with Crippen LogP contribution >= 0.6 is 11.3 Å². The largest absolute Gasteiger partial charge is 0.483 e. The van der Waals surface area contributed by atoms with Crippen molar-refractivity contribution in [2.75, 3.05) is 11.9 Å². The highest BCUT2D eigenvalue weighted by atomic mass is 32.1. The number of aryl methyl sites for hydroxylation is 5. The minimum absolute atomic E-state index is 0.0384.